The number of likely N-dealkylation sites (N-methyl/N-ethyl adjacent to an activating group) is 1. The third-order valence-electron chi connectivity index (χ3n) is 6.02. The van der Waals surface area contributed by atoms with E-state index in [1.54, 1.807) is 0 Å². The number of rotatable bonds is 3. The molecule has 1 amide bonds. The smallest absolute Gasteiger partial charge is 0.220 e. The van der Waals surface area contributed by atoms with Crippen molar-refractivity contribution < 1.29 is 4.79 Å². The first-order valence-electron chi connectivity index (χ1n) is 9.62. The summed E-state index contributed by atoms with van der Waals surface area (Å²) < 4.78 is 0. The summed E-state index contributed by atoms with van der Waals surface area (Å²) in [5.74, 6) is 1.22. The second-order valence-corrected chi connectivity index (χ2v) is 7.68. The van der Waals surface area contributed by atoms with Crippen LogP contribution in [0.3, 0.4) is 0 Å². The van der Waals surface area contributed by atoms with Gasteiger partial charge in [0.15, 0.2) is 5.96 Å². The lowest BCUT2D eigenvalue weighted by atomic mass is 9.79. The van der Waals surface area contributed by atoms with Gasteiger partial charge in [0.2, 0.25) is 5.91 Å². The highest BCUT2D eigenvalue weighted by molar-refractivity contribution is 5.81. The molecule has 3 fully saturated rings. The summed E-state index contributed by atoms with van der Waals surface area (Å²) in [6, 6.07) is 0.619. The first-order chi connectivity index (χ1) is 11.7. The second-order valence-electron chi connectivity index (χ2n) is 7.68. The van der Waals surface area contributed by atoms with Crippen LogP contribution in [-0.2, 0) is 4.79 Å². The third-order valence-corrected chi connectivity index (χ3v) is 6.02. The molecule has 6 heteroatoms. The van der Waals surface area contributed by atoms with Gasteiger partial charge < -0.3 is 15.5 Å². The number of likely N-dealkylation sites (tertiary alicyclic amines) is 2. The van der Waals surface area contributed by atoms with E-state index in [-0.39, 0.29) is 11.3 Å². The number of hydrogen-bond acceptors (Lipinski definition) is 3. The van der Waals surface area contributed by atoms with Gasteiger partial charge >= 0.3 is 0 Å². The summed E-state index contributed by atoms with van der Waals surface area (Å²) in [5.41, 5.74) is 0.118. The van der Waals surface area contributed by atoms with Crippen molar-refractivity contribution in [2.75, 3.05) is 46.3 Å². The van der Waals surface area contributed by atoms with Crippen LogP contribution in [0.25, 0.3) is 0 Å². The van der Waals surface area contributed by atoms with Crippen molar-refractivity contribution in [2.45, 2.75) is 51.5 Å². The van der Waals surface area contributed by atoms with Gasteiger partial charge in [0.05, 0.1) is 0 Å². The molecule has 24 heavy (non-hydrogen) atoms. The lowest BCUT2D eigenvalue weighted by Crippen LogP contribution is -2.54. The Morgan fingerprint density at radius 2 is 2.25 bits per heavy atom. The van der Waals surface area contributed by atoms with Crippen LogP contribution in [0.15, 0.2) is 4.99 Å². The largest absolute Gasteiger partial charge is 0.355 e. The Bertz CT molecular complexity index is 480. The molecule has 1 spiro atoms. The normalized spacial score (nSPS) is 32.2. The molecule has 0 bridgehead atoms. The Morgan fingerprint density at radius 1 is 1.38 bits per heavy atom. The number of nitrogens with zero attached hydrogens (tertiary/aromatic N) is 3. The highest BCUT2D eigenvalue weighted by Gasteiger charge is 2.42. The van der Waals surface area contributed by atoms with E-state index >= 15 is 0 Å². The van der Waals surface area contributed by atoms with Gasteiger partial charge in [-0.2, -0.15) is 0 Å². The van der Waals surface area contributed by atoms with Crippen molar-refractivity contribution in [3.05, 3.63) is 0 Å². The highest BCUT2D eigenvalue weighted by atomic mass is 16.1. The topological polar surface area (TPSA) is 60.0 Å². The van der Waals surface area contributed by atoms with Crippen molar-refractivity contribution >= 4 is 11.9 Å². The maximum Gasteiger partial charge on any atom is 0.220 e. The average Bonchev–Trinajstić information content (AvgIpc) is 2.96. The van der Waals surface area contributed by atoms with E-state index < -0.39 is 0 Å². The number of guanidine groups is 1. The molecule has 2 N–H and O–H groups in total. The van der Waals surface area contributed by atoms with Crippen LogP contribution in [0.2, 0.25) is 0 Å². The van der Waals surface area contributed by atoms with Gasteiger partial charge in [-0.25, -0.2) is 0 Å². The van der Waals surface area contributed by atoms with E-state index in [1.807, 2.05) is 7.05 Å². The first kappa shape index (κ1) is 17.5. The SMILES string of the molecule is CCN1CCCCC1CNC(=NC)N1CCCC2(CNC(=O)C2)C1. The molecule has 2 unspecified atom stereocenters. The van der Waals surface area contributed by atoms with Crippen LogP contribution in [0.5, 0.6) is 0 Å². The minimum absolute atomic E-state index is 0.118. The molecule has 3 aliphatic rings. The molecular formula is C18H33N5O. The Labute approximate surface area is 146 Å². The quantitative estimate of drug-likeness (QED) is 0.598. The first-order valence-corrected chi connectivity index (χ1v) is 9.62. The number of amides is 1. The predicted molar refractivity (Wildman–Crippen MR) is 97.1 cm³/mol. The lowest BCUT2D eigenvalue weighted by Gasteiger charge is -2.41. The molecule has 2 atom stereocenters. The minimum atomic E-state index is 0.118. The van der Waals surface area contributed by atoms with Gasteiger partial charge in [-0.3, -0.25) is 14.7 Å². The van der Waals surface area contributed by atoms with Gasteiger partial charge in [0, 0.05) is 51.1 Å². The van der Waals surface area contributed by atoms with Crippen LogP contribution >= 0.6 is 0 Å². The molecule has 0 radical (unpaired) electrons. The van der Waals surface area contributed by atoms with Gasteiger partial charge in [-0.1, -0.05) is 13.3 Å². The molecule has 0 aromatic rings. The summed E-state index contributed by atoms with van der Waals surface area (Å²) >= 11 is 0. The summed E-state index contributed by atoms with van der Waals surface area (Å²) in [6.45, 7) is 8.39. The molecule has 136 valence electrons. The zero-order valence-electron chi connectivity index (χ0n) is 15.3. The van der Waals surface area contributed by atoms with Gasteiger partial charge in [-0.15, -0.1) is 0 Å². The van der Waals surface area contributed by atoms with Crippen LogP contribution in [0.1, 0.15) is 45.4 Å². The molecule has 3 aliphatic heterocycles. The Hall–Kier alpha value is -1.30. The summed E-state index contributed by atoms with van der Waals surface area (Å²) in [6.07, 6.45) is 6.90. The van der Waals surface area contributed by atoms with E-state index in [9.17, 15) is 4.79 Å². The molecule has 0 aromatic carbocycles. The number of nitrogens with one attached hydrogen (secondary N) is 2. The standard InChI is InChI=1S/C18H33N5O/c1-3-22-9-5-4-7-15(22)12-20-17(19-2)23-10-6-8-18(14-23)11-16(24)21-13-18/h15H,3-14H2,1-2H3,(H,19,20)(H,21,24). The fourth-order valence-corrected chi connectivity index (χ4v) is 4.68. The van der Waals surface area contributed by atoms with E-state index in [4.69, 9.17) is 0 Å². The van der Waals surface area contributed by atoms with Crippen molar-refractivity contribution in [2.24, 2.45) is 10.4 Å². The Morgan fingerprint density at radius 3 is 2.96 bits per heavy atom. The number of piperidine rings is 2. The van der Waals surface area contributed by atoms with E-state index in [2.05, 4.69) is 32.3 Å². The number of carbonyl (C=O) groups is 1. The minimum Gasteiger partial charge on any atom is -0.355 e. The fraction of sp³-hybridized carbons (Fsp3) is 0.889. The van der Waals surface area contributed by atoms with Crippen LogP contribution in [0.4, 0.5) is 0 Å². The average molecular weight is 335 g/mol. The molecule has 0 saturated carbocycles. The lowest BCUT2D eigenvalue weighted by molar-refractivity contribution is -0.119. The monoisotopic (exact) mass is 335 g/mol. The molecule has 3 saturated heterocycles. The zero-order chi connectivity index (χ0) is 17.0. The van der Waals surface area contributed by atoms with E-state index in [1.165, 1.54) is 25.8 Å². The predicted octanol–water partition coefficient (Wildman–Crippen LogP) is 1.04. The molecular weight excluding hydrogens is 302 g/mol. The molecule has 0 aliphatic carbocycles. The van der Waals surface area contributed by atoms with Gasteiger partial charge in [0.25, 0.3) is 0 Å². The van der Waals surface area contributed by atoms with Gasteiger partial charge in [0.1, 0.15) is 0 Å². The third kappa shape index (κ3) is 3.85. The number of hydrogen-bond donors (Lipinski definition) is 2. The summed E-state index contributed by atoms with van der Waals surface area (Å²) in [7, 11) is 1.88. The summed E-state index contributed by atoms with van der Waals surface area (Å²) in [5, 5.41) is 6.64. The van der Waals surface area contributed by atoms with Crippen LogP contribution < -0.4 is 10.6 Å². The molecule has 3 heterocycles. The maximum atomic E-state index is 11.7. The number of carbonyl (C=O) groups excluding carboxylic acids is 1. The van der Waals surface area contributed by atoms with E-state index in [0.29, 0.717) is 12.5 Å². The highest BCUT2D eigenvalue weighted by Crippen LogP contribution is 2.36. The van der Waals surface area contributed by atoms with E-state index in [0.717, 1.165) is 51.5 Å². The maximum absolute atomic E-state index is 11.7. The van der Waals surface area contributed by atoms with Crippen molar-refractivity contribution in [1.82, 2.24) is 20.4 Å². The number of aliphatic imine (C=N–C) groups is 1. The van der Waals surface area contributed by atoms with Gasteiger partial charge in [-0.05, 0) is 38.8 Å². The van der Waals surface area contributed by atoms with Crippen molar-refractivity contribution in [3.63, 3.8) is 0 Å². The van der Waals surface area contributed by atoms with Crippen LogP contribution in [0, 0.1) is 5.41 Å². The second kappa shape index (κ2) is 7.72. The Kier molecular flexibility index (Phi) is 5.64. The zero-order valence-corrected chi connectivity index (χ0v) is 15.3. The van der Waals surface area contributed by atoms with Crippen molar-refractivity contribution in [3.8, 4) is 0 Å². The van der Waals surface area contributed by atoms with Crippen molar-refractivity contribution in [1.29, 1.82) is 0 Å². The Balaban J connectivity index is 1.57. The molecule has 0 aromatic heterocycles. The molecule has 6 nitrogen and oxygen atoms in total. The molecule has 3 rings (SSSR count). The van der Waals surface area contributed by atoms with Crippen LogP contribution in [-0.4, -0.2) is 74.0 Å². The summed E-state index contributed by atoms with van der Waals surface area (Å²) in [4.78, 5) is 21.2. The fourth-order valence-electron chi connectivity index (χ4n) is 4.68.